The van der Waals surface area contributed by atoms with E-state index in [0.29, 0.717) is 10.8 Å². The highest BCUT2D eigenvalue weighted by Crippen LogP contribution is 2.52. The molecule has 1 aromatic rings. The van der Waals surface area contributed by atoms with Gasteiger partial charge in [-0.15, -0.1) is 0 Å². The average Bonchev–Trinajstić information content (AvgIpc) is 2.98. The maximum atomic E-state index is 8.58. The van der Waals surface area contributed by atoms with Gasteiger partial charge in [0, 0.05) is 18.8 Å². The molecule has 2 aliphatic rings. The SMILES string of the molecule is C=C1CCC2(CCN(c3cc(C)c(CC(C)(C)C)c(C)c3)CC2)/C1=C/C=C\C.NC=O. The topological polar surface area (TPSA) is 46.3 Å². The Morgan fingerprint density at radius 3 is 2.16 bits per heavy atom. The summed E-state index contributed by atoms with van der Waals surface area (Å²) >= 11 is 0. The van der Waals surface area contributed by atoms with Crippen molar-refractivity contribution in [3.05, 3.63) is 64.8 Å². The third-order valence-electron chi connectivity index (χ3n) is 6.79. The normalized spacial score (nSPS) is 19.7. The lowest BCUT2D eigenvalue weighted by Gasteiger charge is -2.42. The molecule has 3 nitrogen and oxygen atoms in total. The molecule has 0 radical (unpaired) electrons. The number of nitrogens with zero attached hydrogens (tertiary/aromatic N) is 1. The number of allylic oxidation sites excluding steroid dienone is 5. The minimum Gasteiger partial charge on any atom is -0.372 e. The average molecular weight is 423 g/mol. The van der Waals surface area contributed by atoms with E-state index < -0.39 is 0 Å². The first-order valence-electron chi connectivity index (χ1n) is 11.6. The van der Waals surface area contributed by atoms with Gasteiger partial charge in [0.15, 0.2) is 0 Å². The first-order chi connectivity index (χ1) is 14.6. The molecule has 1 amide bonds. The molecule has 1 aliphatic heterocycles. The molecule has 1 saturated heterocycles. The quantitative estimate of drug-likeness (QED) is 0.570. The standard InChI is InChI=1S/C27H39N.CH3NO/c1-8-9-10-25-20(2)11-12-27(25)13-15-28(16-14-27)23-17-21(3)24(22(4)18-23)19-26(5,6)7;2-1-3/h8-10,17-18H,2,11-16,19H2,1,3-7H3;1H,(H2,2,3)/b9-8-,25-10+;. The van der Waals surface area contributed by atoms with Crippen LogP contribution < -0.4 is 10.6 Å². The van der Waals surface area contributed by atoms with Crippen molar-refractivity contribution in [2.45, 2.75) is 73.6 Å². The van der Waals surface area contributed by atoms with Crippen LogP contribution in [0.2, 0.25) is 0 Å². The molecule has 1 spiro atoms. The maximum Gasteiger partial charge on any atom is 0.204 e. The molecule has 3 rings (SSSR count). The van der Waals surface area contributed by atoms with E-state index in [2.05, 4.69) is 89.1 Å². The Morgan fingerprint density at radius 1 is 1.13 bits per heavy atom. The lowest BCUT2D eigenvalue weighted by molar-refractivity contribution is -0.106. The Kier molecular flexibility index (Phi) is 8.34. The lowest BCUT2D eigenvalue weighted by Crippen LogP contribution is -2.39. The molecule has 31 heavy (non-hydrogen) atoms. The third kappa shape index (κ3) is 6.12. The summed E-state index contributed by atoms with van der Waals surface area (Å²) in [4.78, 5) is 11.2. The number of nitrogens with two attached hydrogens (primary N) is 1. The zero-order chi connectivity index (χ0) is 23.2. The monoisotopic (exact) mass is 422 g/mol. The van der Waals surface area contributed by atoms with E-state index >= 15 is 0 Å². The number of amides is 1. The second-order valence-electron chi connectivity index (χ2n) is 10.4. The highest BCUT2D eigenvalue weighted by Gasteiger charge is 2.42. The zero-order valence-corrected chi connectivity index (χ0v) is 20.6. The van der Waals surface area contributed by atoms with E-state index in [4.69, 9.17) is 4.79 Å². The molecule has 0 atom stereocenters. The van der Waals surface area contributed by atoms with Crippen molar-refractivity contribution in [1.82, 2.24) is 0 Å². The van der Waals surface area contributed by atoms with Crippen LogP contribution in [0.1, 0.15) is 70.1 Å². The molecule has 1 aliphatic carbocycles. The van der Waals surface area contributed by atoms with Crippen molar-refractivity contribution in [1.29, 1.82) is 0 Å². The van der Waals surface area contributed by atoms with Crippen molar-refractivity contribution in [2.24, 2.45) is 16.6 Å². The van der Waals surface area contributed by atoms with E-state index in [1.54, 1.807) is 0 Å². The second-order valence-corrected chi connectivity index (χ2v) is 10.4. The van der Waals surface area contributed by atoms with Crippen molar-refractivity contribution in [2.75, 3.05) is 18.0 Å². The minimum absolute atomic E-state index is 0.250. The van der Waals surface area contributed by atoms with Gasteiger partial charge < -0.3 is 10.6 Å². The van der Waals surface area contributed by atoms with Gasteiger partial charge in [0.2, 0.25) is 6.41 Å². The first kappa shape index (κ1) is 25.0. The highest BCUT2D eigenvalue weighted by molar-refractivity contribution is 5.55. The van der Waals surface area contributed by atoms with Crippen LogP contribution in [0.25, 0.3) is 0 Å². The minimum atomic E-state index is 0.250. The highest BCUT2D eigenvalue weighted by atomic mass is 16.1. The summed E-state index contributed by atoms with van der Waals surface area (Å²) in [6, 6.07) is 4.85. The van der Waals surface area contributed by atoms with Gasteiger partial charge in [0.1, 0.15) is 0 Å². The zero-order valence-electron chi connectivity index (χ0n) is 20.6. The van der Waals surface area contributed by atoms with Crippen molar-refractivity contribution in [3.8, 4) is 0 Å². The summed E-state index contributed by atoms with van der Waals surface area (Å²) < 4.78 is 0. The number of rotatable bonds is 3. The van der Waals surface area contributed by atoms with Crippen LogP contribution >= 0.6 is 0 Å². The Morgan fingerprint density at radius 2 is 1.68 bits per heavy atom. The third-order valence-corrected chi connectivity index (χ3v) is 6.79. The number of aryl methyl sites for hydroxylation is 2. The largest absolute Gasteiger partial charge is 0.372 e. The van der Waals surface area contributed by atoms with Gasteiger partial charge in [0.05, 0.1) is 0 Å². The predicted molar refractivity (Wildman–Crippen MR) is 134 cm³/mol. The van der Waals surface area contributed by atoms with E-state index in [0.717, 1.165) is 19.5 Å². The molecule has 0 aromatic heterocycles. The van der Waals surface area contributed by atoms with Gasteiger partial charge in [-0.05, 0) is 98.1 Å². The second kappa shape index (κ2) is 10.3. The fraction of sp³-hybridized carbons (Fsp3) is 0.536. The molecule has 2 N–H and O–H groups in total. The summed E-state index contributed by atoms with van der Waals surface area (Å²) in [5, 5.41) is 0. The summed E-state index contributed by atoms with van der Waals surface area (Å²) in [7, 11) is 0. The summed E-state index contributed by atoms with van der Waals surface area (Å²) in [6.07, 6.45) is 13.0. The molecule has 0 unspecified atom stereocenters. The van der Waals surface area contributed by atoms with E-state index in [1.807, 2.05) is 0 Å². The fourth-order valence-electron chi connectivity index (χ4n) is 5.20. The Labute approximate surface area is 190 Å². The molecule has 1 saturated carbocycles. The Hall–Kier alpha value is -2.29. The van der Waals surface area contributed by atoms with Gasteiger partial charge in [-0.3, -0.25) is 4.79 Å². The molecule has 0 bridgehead atoms. The van der Waals surface area contributed by atoms with E-state index in [1.165, 1.54) is 59.2 Å². The van der Waals surface area contributed by atoms with Gasteiger partial charge in [-0.2, -0.15) is 0 Å². The lowest BCUT2D eigenvalue weighted by atomic mass is 9.73. The number of hydrogen-bond acceptors (Lipinski definition) is 2. The molecule has 1 heterocycles. The van der Waals surface area contributed by atoms with E-state index in [9.17, 15) is 0 Å². The molecule has 3 heteroatoms. The number of benzene rings is 1. The number of piperidine rings is 1. The number of carbonyl (C=O) groups is 1. The summed E-state index contributed by atoms with van der Waals surface area (Å²) in [5.41, 5.74) is 13.6. The number of primary amides is 1. The van der Waals surface area contributed by atoms with Crippen molar-refractivity contribution in [3.63, 3.8) is 0 Å². The van der Waals surface area contributed by atoms with Crippen LogP contribution in [0.15, 0.2) is 48.1 Å². The Bertz CT molecular complexity index is 823. The van der Waals surface area contributed by atoms with Crippen LogP contribution in [0.4, 0.5) is 5.69 Å². The molecular formula is C28H42N2O. The summed E-state index contributed by atoms with van der Waals surface area (Å²) in [5.74, 6) is 0. The van der Waals surface area contributed by atoms with Crippen LogP contribution in [-0.4, -0.2) is 19.5 Å². The Balaban J connectivity index is 0.00000107. The smallest absolute Gasteiger partial charge is 0.204 e. The maximum absolute atomic E-state index is 8.58. The van der Waals surface area contributed by atoms with Crippen LogP contribution in [0.5, 0.6) is 0 Å². The fourth-order valence-corrected chi connectivity index (χ4v) is 5.20. The molecule has 170 valence electrons. The summed E-state index contributed by atoms with van der Waals surface area (Å²) in [6.45, 7) is 20.3. The molecule has 1 aromatic carbocycles. The van der Waals surface area contributed by atoms with Crippen molar-refractivity contribution < 1.29 is 4.79 Å². The van der Waals surface area contributed by atoms with Crippen molar-refractivity contribution >= 4 is 12.1 Å². The van der Waals surface area contributed by atoms with Gasteiger partial charge >= 0.3 is 0 Å². The number of hydrogen-bond donors (Lipinski definition) is 1. The number of carbonyl (C=O) groups excluding carboxylic acids is 1. The van der Waals surface area contributed by atoms with Gasteiger partial charge in [-0.1, -0.05) is 51.2 Å². The van der Waals surface area contributed by atoms with Gasteiger partial charge in [0.25, 0.3) is 0 Å². The molecular weight excluding hydrogens is 380 g/mol. The first-order valence-corrected chi connectivity index (χ1v) is 11.6. The van der Waals surface area contributed by atoms with E-state index in [-0.39, 0.29) is 6.41 Å². The van der Waals surface area contributed by atoms with Gasteiger partial charge in [-0.25, -0.2) is 0 Å². The van der Waals surface area contributed by atoms with Crippen LogP contribution in [0.3, 0.4) is 0 Å². The van der Waals surface area contributed by atoms with Crippen LogP contribution in [-0.2, 0) is 11.2 Å². The predicted octanol–water partition coefficient (Wildman–Crippen LogP) is 6.43. The molecule has 2 fully saturated rings. The van der Waals surface area contributed by atoms with Crippen LogP contribution in [0, 0.1) is 24.7 Å². The number of anilines is 1.